The first-order valence-electron chi connectivity index (χ1n) is 15.0. The molecule has 0 saturated carbocycles. The number of hydrogen-bond donors (Lipinski definition) is 1. The van der Waals surface area contributed by atoms with Gasteiger partial charge in [-0.25, -0.2) is 19.3 Å². The van der Waals surface area contributed by atoms with Gasteiger partial charge in [-0.3, -0.25) is 15.0 Å². The number of imidazole rings is 1. The molecule has 0 aliphatic carbocycles. The summed E-state index contributed by atoms with van der Waals surface area (Å²) in [6.07, 6.45) is -0.431. The number of hydrogen-bond acceptors (Lipinski definition) is 9. The second-order valence-corrected chi connectivity index (χ2v) is 13.1. The van der Waals surface area contributed by atoms with E-state index in [0.29, 0.717) is 68.0 Å². The molecule has 5 aromatic rings. The van der Waals surface area contributed by atoms with Gasteiger partial charge < -0.3 is 14.0 Å². The van der Waals surface area contributed by atoms with E-state index in [2.05, 4.69) is 40.2 Å². The van der Waals surface area contributed by atoms with Gasteiger partial charge >= 0.3 is 6.18 Å². The molecule has 2 fully saturated rings. The first-order chi connectivity index (χ1) is 22.9. The van der Waals surface area contributed by atoms with Gasteiger partial charge in [0.15, 0.2) is 5.82 Å². The van der Waals surface area contributed by atoms with Gasteiger partial charge in [-0.2, -0.15) is 27.6 Å². The zero-order valence-electron chi connectivity index (χ0n) is 25.1. The highest BCUT2D eigenvalue weighted by Gasteiger charge is 2.37. The molecule has 3 radical (unpaired) electrons. The molecule has 1 N–H and O–H groups in total. The second-order valence-electron chi connectivity index (χ2n) is 11.7. The Kier molecular flexibility index (Phi) is 8.63. The Morgan fingerprint density at radius 2 is 1.85 bits per heavy atom. The number of alkyl halides is 3. The van der Waals surface area contributed by atoms with Crippen molar-refractivity contribution in [2.24, 2.45) is 0 Å². The molecule has 4 aromatic heterocycles. The van der Waals surface area contributed by atoms with Crippen LogP contribution < -0.4 is 4.74 Å². The molecule has 0 spiro atoms. The molecule has 0 amide bonds. The summed E-state index contributed by atoms with van der Waals surface area (Å²) < 4.78 is 81.8. The second kappa shape index (κ2) is 12.8. The summed E-state index contributed by atoms with van der Waals surface area (Å²) in [5.41, 5.74) is 1.68. The summed E-state index contributed by atoms with van der Waals surface area (Å²) in [5.74, 6) is -1.87. The summed E-state index contributed by atoms with van der Waals surface area (Å²) >= 11 is 5.84. The van der Waals surface area contributed by atoms with Crippen LogP contribution in [0.5, 0.6) is 5.88 Å². The van der Waals surface area contributed by atoms with Gasteiger partial charge in [-0.1, -0.05) is 17.7 Å². The van der Waals surface area contributed by atoms with E-state index in [4.69, 9.17) is 26.1 Å². The van der Waals surface area contributed by atoms with Crippen LogP contribution in [0.1, 0.15) is 42.3 Å². The van der Waals surface area contributed by atoms with Crippen molar-refractivity contribution in [2.75, 3.05) is 19.7 Å². The van der Waals surface area contributed by atoms with Crippen LogP contribution in [0.3, 0.4) is 0 Å². The summed E-state index contributed by atoms with van der Waals surface area (Å²) in [7, 11) is 3.73. The highest BCUT2D eigenvalue weighted by atomic mass is 35.5. The lowest BCUT2D eigenvalue weighted by Crippen LogP contribution is -2.48. The van der Waals surface area contributed by atoms with E-state index in [1.54, 1.807) is 18.3 Å². The van der Waals surface area contributed by atoms with Crippen LogP contribution in [-0.2, 0) is 30.4 Å². The molecule has 249 valence electrons. The third-order valence-electron chi connectivity index (χ3n) is 8.30. The van der Waals surface area contributed by atoms with Crippen molar-refractivity contribution in [3.05, 3.63) is 76.4 Å². The molecule has 2 saturated heterocycles. The summed E-state index contributed by atoms with van der Waals surface area (Å²) in [4.78, 5) is 23.1. The Morgan fingerprint density at radius 3 is 2.54 bits per heavy atom. The fourth-order valence-corrected chi connectivity index (χ4v) is 6.18. The van der Waals surface area contributed by atoms with E-state index in [9.17, 15) is 22.0 Å². The zero-order valence-corrected chi connectivity index (χ0v) is 26.8. The Labute approximate surface area is 278 Å². The number of rotatable bonds is 9. The largest absolute Gasteiger partial charge is 0.472 e. The lowest BCUT2D eigenvalue weighted by molar-refractivity contribution is -0.144. The van der Waals surface area contributed by atoms with Crippen molar-refractivity contribution < 1.29 is 31.4 Å². The number of nitrogens with zero attached hydrogens (tertiary/aromatic N) is 8. The van der Waals surface area contributed by atoms with E-state index >= 15 is 0 Å². The minimum absolute atomic E-state index is 0.0451. The first kappa shape index (κ1) is 32.5. The quantitative estimate of drug-likeness (QED) is 0.169. The third kappa shape index (κ3) is 6.90. The van der Waals surface area contributed by atoms with Crippen LogP contribution in [0.2, 0.25) is 5.02 Å². The molecular formula is C30H26ClF5N9O2Si. The van der Waals surface area contributed by atoms with Gasteiger partial charge in [-0.05, 0) is 43.0 Å². The Balaban J connectivity index is 1.04. The number of pyridine rings is 1. The fourth-order valence-electron chi connectivity index (χ4n) is 5.66. The van der Waals surface area contributed by atoms with Gasteiger partial charge in [0.2, 0.25) is 11.6 Å². The van der Waals surface area contributed by atoms with Crippen molar-refractivity contribution >= 4 is 32.9 Å². The SMILES string of the molecule is Fc1cc(Cl)ccc1Cc1ncc(F)c(OC2CCN(Cc3nc4cc(-c5n[nH]c(C(F)(F)F)n5)ncc4n3C[C@]3([Si])CCO3)CC2)n1. The molecular weight excluding hydrogens is 677 g/mol. The zero-order chi connectivity index (χ0) is 33.6. The topological polar surface area (TPSA) is 120 Å². The molecule has 2 aliphatic heterocycles. The fraction of sp³-hybridized carbons (Fsp3) is 0.400. The van der Waals surface area contributed by atoms with Gasteiger partial charge in [-0.15, -0.1) is 0 Å². The van der Waals surface area contributed by atoms with Gasteiger partial charge in [0.1, 0.15) is 29.3 Å². The lowest BCUT2D eigenvalue weighted by Gasteiger charge is -2.39. The molecule has 1 atom stereocenters. The number of ether oxygens (including phenoxy) is 2. The molecule has 48 heavy (non-hydrogen) atoms. The van der Waals surface area contributed by atoms with Crippen LogP contribution in [0.25, 0.3) is 22.6 Å². The Bertz CT molecular complexity index is 1960. The summed E-state index contributed by atoms with van der Waals surface area (Å²) in [6.45, 7) is 2.72. The van der Waals surface area contributed by atoms with Crippen molar-refractivity contribution in [2.45, 2.75) is 56.3 Å². The molecule has 0 unspecified atom stereocenters. The van der Waals surface area contributed by atoms with Crippen LogP contribution >= 0.6 is 11.6 Å². The number of aromatic amines is 1. The van der Waals surface area contributed by atoms with Crippen LogP contribution in [0.4, 0.5) is 22.0 Å². The number of halogens is 6. The number of H-pyrrole nitrogens is 1. The predicted octanol–water partition coefficient (Wildman–Crippen LogP) is 4.88. The van der Waals surface area contributed by atoms with E-state index in [0.717, 1.165) is 12.6 Å². The van der Waals surface area contributed by atoms with Crippen molar-refractivity contribution in [1.82, 2.24) is 44.6 Å². The Morgan fingerprint density at radius 1 is 1.06 bits per heavy atom. The Hall–Kier alpha value is -4.06. The number of aromatic nitrogens is 8. The van der Waals surface area contributed by atoms with E-state index in [-0.39, 0.29) is 40.8 Å². The van der Waals surface area contributed by atoms with Gasteiger partial charge in [0, 0.05) is 37.7 Å². The van der Waals surface area contributed by atoms with E-state index in [1.165, 1.54) is 12.1 Å². The van der Waals surface area contributed by atoms with Gasteiger partial charge in [0.25, 0.3) is 5.88 Å². The van der Waals surface area contributed by atoms with Gasteiger partial charge in [0.05, 0.1) is 45.4 Å². The number of fused-ring (bicyclic) bond motifs is 1. The molecule has 1 aromatic carbocycles. The van der Waals surface area contributed by atoms with Crippen LogP contribution in [0.15, 0.2) is 36.7 Å². The summed E-state index contributed by atoms with van der Waals surface area (Å²) in [5, 5.41) is 5.29. The molecule has 6 heterocycles. The van der Waals surface area contributed by atoms with Crippen molar-refractivity contribution in [3.8, 4) is 17.4 Å². The maximum absolute atomic E-state index is 14.6. The summed E-state index contributed by atoms with van der Waals surface area (Å²) in [6, 6.07) is 5.85. The first-order valence-corrected chi connectivity index (χ1v) is 15.9. The molecule has 18 heteroatoms. The smallest absolute Gasteiger partial charge is 0.451 e. The highest BCUT2D eigenvalue weighted by molar-refractivity contribution is 6.30. The van der Waals surface area contributed by atoms with Crippen LogP contribution in [-0.4, -0.2) is 85.9 Å². The highest BCUT2D eigenvalue weighted by Crippen LogP contribution is 2.31. The molecule has 7 rings (SSSR count). The van der Waals surface area contributed by atoms with Crippen molar-refractivity contribution in [3.63, 3.8) is 0 Å². The minimum atomic E-state index is -4.67. The van der Waals surface area contributed by atoms with Crippen LogP contribution in [0, 0.1) is 11.6 Å². The average Bonchev–Trinajstić information content (AvgIpc) is 3.66. The van der Waals surface area contributed by atoms with Crippen molar-refractivity contribution in [1.29, 1.82) is 0 Å². The number of likely N-dealkylation sites (tertiary alicyclic amines) is 1. The molecule has 11 nitrogen and oxygen atoms in total. The molecule has 0 bridgehead atoms. The maximum Gasteiger partial charge on any atom is 0.451 e. The monoisotopic (exact) mass is 702 g/mol. The standard InChI is InChI=1S/C30H26ClF5N9O2Si/c31-17-2-1-16(19(32)10-17)9-24-38-12-20(33)27(40-24)47-18-3-6-44(7-4-18)14-25-39-21-11-22(26-41-28(43-42-26)30(34,35)36)37-13-23(21)45(25)15-29(48)5-8-46-29/h1-2,10-13,18H,3-9,14-15H2,(H,41,42,43)/t29-/m1/s1. The molecule has 2 aliphatic rings. The van der Waals surface area contributed by atoms with E-state index < -0.39 is 28.9 Å². The average molecular weight is 703 g/mol. The third-order valence-corrected chi connectivity index (χ3v) is 9.09. The number of piperidine rings is 1. The maximum atomic E-state index is 14.6. The minimum Gasteiger partial charge on any atom is -0.472 e. The number of nitrogens with one attached hydrogen (secondary N) is 1. The number of benzene rings is 1. The van der Waals surface area contributed by atoms with E-state index in [1.807, 2.05) is 9.67 Å². The normalized spacial score (nSPS) is 19.1. The predicted molar refractivity (Wildman–Crippen MR) is 162 cm³/mol. The lowest BCUT2D eigenvalue weighted by atomic mass is 10.1.